The van der Waals surface area contributed by atoms with Gasteiger partial charge in [0.15, 0.2) is 17.3 Å². The van der Waals surface area contributed by atoms with Crippen molar-refractivity contribution in [2.24, 2.45) is 0 Å². The summed E-state index contributed by atoms with van der Waals surface area (Å²) in [5.41, 5.74) is 1.44. The number of hydrogen-bond acceptors (Lipinski definition) is 5. The lowest BCUT2D eigenvalue weighted by Gasteiger charge is -2.09. The van der Waals surface area contributed by atoms with E-state index in [2.05, 4.69) is 9.72 Å². The molecule has 1 atom stereocenters. The van der Waals surface area contributed by atoms with Gasteiger partial charge >= 0.3 is 6.36 Å². The number of benzene rings is 2. The third kappa shape index (κ3) is 4.00. The van der Waals surface area contributed by atoms with Gasteiger partial charge in [-0.15, -0.1) is 13.2 Å². The molecule has 0 amide bonds. The van der Waals surface area contributed by atoms with Crippen molar-refractivity contribution in [3.05, 3.63) is 60.0 Å². The first-order valence-corrected chi connectivity index (χ1v) is 7.48. The van der Waals surface area contributed by atoms with Crippen molar-refractivity contribution >= 4 is 16.9 Å². The lowest BCUT2D eigenvalue weighted by atomic mass is 9.99. The van der Waals surface area contributed by atoms with Crippen molar-refractivity contribution in [1.29, 1.82) is 5.26 Å². The Labute approximate surface area is 145 Å². The van der Waals surface area contributed by atoms with Crippen LogP contribution in [0, 0.1) is 11.3 Å². The summed E-state index contributed by atoms with van der Waals surface area (Å²) in [5, 5.41) is 9.31. The number of nitriles is 1. The van der Waals surface area contributed by atoms with Crippen LogP contribution in [0.4, 0.5) is 13.2 Å². The number of alkyl halides is 3. The molecule has 5 nitrogen and oxygen atoms in total. The van der Waals surface area contributed by atoms with Gasteiger partial charge in [-0.2, -0.15) is 5.26 Å². The predicted molar refractivity (Wildman–Crippen MR) is 84.2 cm³/mol. The Morgan fingerprint density at radius 1 is 1.19 bits per heavy atom. The standard InChI is InChI=1S/C18H11F3N2O3/c19-18(20,21)26-12-7-5-11(6-8-12)9-15(24)13(10-22)17-23-14-3-1-2-4-16(14)25-17/h1-8,13H,9H2. The number of nitrogens with zero attached hydrogens (tertiary/aromatic N) is 2. The van der Waals surface area contributed by atoms with Crippen LogP contribution in [0.3, 0.4) is 0 Å². The molecule has 0 aliphatic carbocycles. The van der Waals surface area contributed by atoms with E-state index >= 15 is 0 Å². The average molecular weight is 360 g/mol. The van der Waals surface area contributed by atoms with Gasteiger partial charge in [0, 0.05) is 6.42 Å². The van der Waals surface area contributed by atoms with Crippen molar-refractivity contribution in [3.8, 4) is 11.8 Å². The number of aromatic nitrogens is 1. The average Bonchev–Trinajstić information content (AvgIpc) is 2.99. The molecular weight excluding hydrogens is 349 g/mol. The molecule has 3 rings (SSSR count). The second-order valence-corrected chi connectivity index (χ2v) is 5.42. The molecule has 1 unspecified atom stereocenters. The third-order valence-corrected chi connectivity index (χ3v) is 3.54. The van der Waals surface area contributed by atoms with Crippen LogP contribution < -0.4 is 4.74 Å². The van der Waals surface area contributed by atoms with Crippen molar-refractivity contribution < 1.29 is 27.1 Å². The molecule has 0 saturated carbocycles. The zero-order valence-electron chi connectivity index (χ0n) is 13.2. The smallest absolute Gasteiger partial charge is 0.439 e. The van der Waals surface area contributed by atoms with Crippen LogP contribution >= 0.6 is 0 Å². The van der Waals surface area contributed by atoms with Crippen LogP contribution in [0.2, 0.25) is 0 Å². The maximum atomic E-state index is 12.4. The minimum atomic E-state index is -4.78. The number of ether oxygens (including phenoxy) is 1. The number of halogens is 3. The summed E-state index contributed by atoms with van der Waals surface area (Å²) in [6.07, 6.45) is -4.93. The van der Waals surface area contributed by atoms with Crippen LogP contribution in [0.1, 0.15) is 17.4 Å². The normalized spacial score (nSPS) is 12.5. The molecule has 3 aromatic rings. The number of fused-ring (bicyclic) bond motifs is 1. The zero-order chi connectivity index (χ0) is 18.7. The molecule has 1 heterocycles. The number of Topliss-reactive ketones (excluding diaryl/α,β-unsaturated/α-hetero) is 1. The Kier molecular flexibility index (Phi) is 4.63. The fourth-order valence-electron chi connectivity index (χ4n) is 2.39. The van der Waals surface area contributed by atoms with E-state index in [0.717, 1.165) is 12.1 Å². The lowest BCUT2D eigenvalue weighted by molar-refractivity contribution is -0.274. The molecule has 2 aromatic carbocycles. The van der Waals surface area contributed by atoms with Gasteiger partial charge in [0.25, 0.3) is 0 Å². The van der Waals surface area contributed by atoms with E-state index in [0.29, 0.717) is 16.7 Å². The molecule has 8 heteroatoms. The maximum Gasteiger partial charge on any atom is 0.573 e. The summed E-state index contributed by atoms with van der Waals surface area (Å²) >= 11 is 0. The van der Waals surface area contributed by atoms with Crippen LogP contribution in [0.15, 0.2) is 52.9 Å². The van der Waals surface area contributed by atoms with Gasteiger partial charge in [-0.05, 0) is 29.8 Å². The Hall–Kier alpha value is -3.34. The largest absolute Gasteiger partial charge is 0.573 e. The molecule has 1 aromatic heterocycles. The Balaban J connectivity index is 1.74. The van der Waals surface area contributed by atoms with Gasteiger partial charge in [-0.1, -0.05) is 24.3 Å². The fourth-order valence-corrected chi connectivity index (χ4v) is 2.39. The minimum Gasteiger partial charge on any atom is -0.439 e. The molecule has 0 saturated heterocycles. The molecule has 0 spiro atoms. The van der Waals surface area contributed by atoms with Crippen molar-refractivity contribution in [1.82, 2.24) is 4.98 Å². The summed E-state index contributed by atoms with van der Waals surface area (Å²) in [5.74, 6) is -2.06. The van der Waals surface area contributed by atoms with E-state index in [-0.39, 0.29) is 18.1 Å². The number of ketones is 1. The Morgan fingerprint density at radius 2 is 1.88 bits per heavy atom. The third-order valence-electron chi connectivity index (χ3n) is 3.54. The highest BCUT2D eigenvalue weighted by Gasteiger charge is 2.31. The highest BCUT2D eigenvalue weighted by Crippen LogP contribution is 2.25. The zero-order valence-corrected chi connectivity index (χ0v) is 13.2. The van der Waals surface area contributed by atoms with Crippen LogP contribution in [-0.2, 0) is 11.2 Å². The molecule has 132 valence electrons. The van der Waals surface area contributed by atoms with Crippen LogP contribution in [0.5, 0.6) is 5.75 Å². The first-order chi connectivity index (χ1) is 12.4. The van der Waals surface area contributed by atoms with Gasteiger partial charge in [0.2, 0.25) is 5.89 Å². The van der Waals surface area contributed by atoms with Gasteiger partial charge in [0.05, 0.1) is 6.07 Å². The number of rotatable bonds is 5. The van der Waals surface area contributed by atoms with E-state index in [9.17, 15) is 23.2 Å². The molecule has 0 fully saturated rings. The van der Waals surface area contributed by atoms with Crippen molar-refractivity contribution in [2.75, 3.05) is 0 Å². The Bertz CT molecular complexity index is 939. The first kappa shape index (κ1) is 17.5. The second kappa shape index (κ2) is 6.88. The molecule has 0 bridgehead atoms. The monoisotopic (exact) mass is 360 g/mol. The summed E-state index contributed by atoms with van der Waals surface area (Å²) in [4.78, 5) is 16.5. The molecule has 0 aliphatic heterocycles. The first-order valence-electron chi connectivity index (χ1n) is 7.48. The molecule has 0 N–H and O–H groups in total. The highest BCUT2D eigenvalue weighted by molar-refractivity contribution is 5.89. The molecular formula is C18H11F3N2O3. The van der Waals surface area contributed by atoms with Gasteiger partial charge in [-0.25, -0.2) is 4.98 Å². The van der Waals surface area contributed by atoms with Crippen molar-refractivity contribution in [2.45, 2.75) is 18.7 Å². The fraction of sp³-hybridized carbons (Fsp3) is 0.167. The van der Waals surface area contributed by atoms with Gasteiger partial charge in [0.1, 0.15) is 11.3 Å². The predicted octanol–water partition coefficient (Wildman–Crippen LogP) is 4.15. The van der Waals surface area contributed by atoms with Crippen molar-refractivity contribution in [3.63, 3.8) is 0 Å². The minimum absolute atomic E-state index is 0.00396. The molecule has 26 heavy (non-hydrogen) atoms. The summed E-state index contributed by atoms with van der Waals surface area (Å²) < 4.78 is 45.7. The van der Waals surface area contributed by atoms with Gasteiger partial charge < -0.3 is 9.15 Å². The number of carbonyl (C=O) groups is 1. The van der Waals surface area contributed by atoms with Gasteiger partial charge in [-0.3, -0.25) is 4.79 Å². The van der Waals surface area contributed by atoms with E-state index in [1.54, 1.807) is 24.3 Å². The highest BCUT2D eigenvalue weighted by atomic mass is 19.4. The van der Waals surface area contributed by atoms with E-state index in [1.165, 1.54) is 12.1 Å². The summed E-state index contributed by atoms with van der Waals surface area (Å²) in [6, 6.07) is 13.6. The summed E-state index contributed by atoms with van der Waals surface area (Å²) in [7, 11) is 0. The van der Waals surface area contributed by atoms with E-state index in [1.807, 2.05) is 6.07 Å². The number of para-hydroxylation sites is 2. The number of hydrogen-bond donors (Lipinski definition) is 0. The molecule has 0 aliphatic rings. The number of carbonyl (C=O) groups excluding carboxylic acids is 1. The second-order valence-electron chi connectivity index (χ2n) is 5.42. The summed E-state index contributed by atoms with van der Waals surface area (Å²) in [6.45, 7) is 0. The number of oxazole rings is 1. The topological polar surface area (TPSA) is 76.1 Å². The van der Waals surface area contributed by atoms with E-state index < -0.39 is 18.1 Å². The lowest BCUT2D eigenvalue weighted by Crippen LogP contribution is -2.17. The van der Waals surface area contributed by atoms with Crippen LogP contribution in [0.25, 0.3) is 11.1 Å². The Morgan fingerprint density at radius 3 is 2.50 bits per heavy atom. The van der Waals surface area contributed by atoms with Crippen LogP contribution in [-0.4, -0.2) is 17.1 Å². The SMILES string of the molecule is N#CC(C(=O)Cc1ccc(OC(F)(F)F)cc1)c1nc2ccccc2o1. The quantitative estimate of drug-likeness (QED) is 0.683. The van der Waals surface area contributed by atoms with E-state index in [4.69, 9.17) is 4.42 Å². The molecule has 0 radical (unpaired) electrons. The maximum absolute atomic E-state index is 12.4.